The van der Waals surface area contributed by atoms with Crippen LogP contribution in [0.25, 0.3) is 0 Å². The zero-order chi connectivity index (χ0) is 16.9. The van der Waals surface area contributed by atoms with Crippen molar-refractivity contribution in [1.82, 2.24) is 0 Å². The number of esters is 1. The average Bonchev–Trinajstić information content (AvgIpc) is 3.32. The van der Waals surface area contributed by atoms with E-state index >= 15 is 0 Å². The number of carbonyl (C=O) groups excluding carboxylic acids is 2. The van der Waals surface area contributed by atoms with Gasteiger partial charge in [-0.1, -0.05) is 0 Å². The number of amides is 1. The molecule has 2 aliphatic heterocycles. The fourth-order valence-corrected chi connectivity index (χ4v) is 4.12. The molecule has 6 nitrogen and oxygen atoms in total. The molecule has 1 saturated carbocycles. The maximum atomic E-state index is 13.2. The van der Waals surface area contributed by atoms with Gasteiger partial charge in [-0.15, -0.1) is 0 Å². The second kappa shape index (κ2) is 5.48. The van der Waals surface area contributed by atoms with Crippen LogP contribution in [0.2, 0.25) is 0 Å². The first kappa shape index (κ1) is 15.4. The van der Waals surface area contributed by atoms with E-state index in [2.05, 4.69) is 0 Å². The molecule has 2 fully saturated rings. The van der Waals surface area contributed by atoms with Crippen LogP contribution < -0.4 is 4.90 Å². The molecule has 0 aromatic heterocycles. The Hall–Kier alpha value is -2.08. The first-order chi connectivity index (χ1) is 11.6. The van der Waals surface area contributed by atoms with Gasteiger partial charge < -0.3 is 19.5 Å². The second-order valence-corrected chi connectivity index (χ2v) is 6.85. The quantitative estimate of drug-likeness (QED) is 0.853. The molecule has 128 valence electrons. The van der Waals surface area contributed by atoms with Crippen LogP contribution in [0.15, 0.2) is 12.1 Å². The van der Waals surface area contributed by atoms with E-state index < -0.39 is 5.41 Å². The number of hydrogen-bond acceptors (Lipinski definition) is 5. The number of benzene rings is 1. The molecule has 0 unspecified atom stereocenters. The van der Waals surface area contributed by atoms with Crippen molar-refractivity contribution in [2.75, 3.05) is 25.2 Å². The predicted octanol–water partition coefficient (Wildman–Crippen LogP) is 1.66. The molecule has 3 aliphatic rings. The number of nitrogens with zero attached hydrogens (tertiary/aromatic N) is 1. The van der Waals surface area contributed by atoms with Gasteiger partial charge in [-0.25, -0.2) is 0 Å². The van der Waals surface area contributed by atoms with Crippen molar-refractivity contribution in [2.45, 2.75) is 43.6 Å². The molecule has 1 aromatic rings. The van der Waals surface area contributed by atoms with Crippen molar-refractivity contribution in [3.8, 4) is 5.75 Å². The van der Waals surface area contributed by atoms with Crippen LogP contribution in [0.1, 0.15) is 36.8 Å². The maximum Gasteiger partial charge on any atom is 0.309 e. The Balaban J connectivity index is 1.81. The molecule has 1 amide bonds. The largest absolute Gasteiger partial charge is 0.508 e. The molecule has 24 heavy (non-hydrogen) atoms. The van der Waals surface area contributed by atoms with Gasteiger partial charge in [0.25, 0.3) is 0 Å². The van der Waals surface area contributed by atoms with Crippen LogP contribution in [0.3, 0.4) is 0 Å². The van der Waals surface area contributed by atoms with E-state index in [-0.39, 0.29) is 30.1 Å². The molecule has 1 aliphatic carbocycles. The number of anilines is 1. The van der Waals surface area contributed by atoms with E-state index in [4.69, 9.17) is 9.47 Å². The molecule has 1 saturated heterocycles. The third-order valence-corrected chi connectivity index (χ3v) is 5.42. The van der Waals surface area contributed by atoms with Crippen molar-refractivity contribution in [1.29, 1.82) is 0 Å². The SMILES string of the molecule is COC(=O)Cc1cc(O)cc2c1C1(CC1)C(=O)N2C1CCOCC1. The number of carbonyl (C=O) groups is 2. The minimum atomic E-state index is -0.495. The van der Waals surface area contributed by atoms with E-state index in [1.807, 2.05) is 4.90 Å². The molecule has 1 N–H and O–H groups in total. The number of ether oxygens (including phenoxy) is 2. The number of rotatable bonds is 3. The number of phenols is 1. The van der Waals surface area contributed by atoms with E-state index in [9.17, 15) is 14.7 Å². The van der Waals surface area contributed by atoms with Crippen molar-refractivity contribution in [2.24, 2.45) is 0 Å². The predicted molar refractivity (Wildman–Crippen MR) is 86.1 cm³/mol. The first-order valence-electron chi connectivity index (χ1n) is 8.41. The lowest BCUT2D eigenvalue weighted by atomic mass is 9.91. The minimum Gasteiger partial charge on any atom is -0.508 e. The Kier molecular flexibility index (Phi) is 3.53. The summed E-state index contributed by atoms with van der Waals surface area (Å²) in [5.41, 5.74) is 1.90. The molecule has 4 rings (SSSR count). The van der Waals surface area contributed by atoms with Crippen LogP contribution in [-0.2, 0) is 30.9 Å². The summed E-state index contributed by atoms with van der Waals surface area (Å²) < 4.78 is 10.2. The van der Waals surface area contributed by atoms with Gasteiger partial charge in [-0.2, -0.15) is 0 Å². The molecule has 0 atom stereocenters. The Bertz CT molecular complexity index is 704. The number of aromatic hydroxyl groups is 1. The monoisotopic (exact) mass is 331 g/mol. The fraction of sp³-hybridized carbons (Fsp3) is 0.556. The highest BCUT2D eigenvalue weighted by Gasteiger charge is 2.61. The maximum absolute atomic E-state index is 13.2. The average molecular weight is 331 g/mol. The van der Waals surface area contributed by atoms with Gasteiger partial charge in [0, 0.05) is 25.3 Å². The zero-order valence-corrected chi connectivity index (χ0v) is 13.7. The van der Waals surface area contributed by atoms with Crippen LogP contribution in [-0.4, -0.2) is 43.3 Å². The van der Waals surface area contributed by atoms with Gasteiger partial charge >= 0.3 is 5.97 Å². The highest BCUT2D eigenvalue weighted by atomic mass is 16.5. The van der Waals surface area contributed by atoms with Gasteiger partial charge in [0.15, 0.2) is 0 Å². The van der Waals surface area contributed by atoms with Gasteiger partial charge in [-0.3, -0.25) is 9.59 Å². The fourth-order valence-electron chi connectivity index (χ4n) is 4.12. The van der Waals surface area contributed by atoms with Crippen LogP contribution in [0.5, 0.6) is 5.75 Å². The number of phenolic OH excluding ortho intramolecular Hbond substituents is 1. The molecular weight excluding hydrogens is 310 g/mol. The Morgan fingerprint density at radius 3 is 2.71 bits per heavy atom. The summed E-state index contributed by atoms with van der Waals surface area (Å²) in [5.74, 6) is -0.174. The van der Waals surface area contributed by atoms with E-state index in [0.717, 1.165) is 36.9 Å². The van der Waals surface area contributed by atoms with E-state index in [1.165, 1.54) is 7.11 Å². The standard InChI is InChI=1S/C18H21NO5/c1-23-15(21)9-11-8-13(20)10-14-16(11)18(4-5-18)17(22)19(14)12-2-6-24-7-3-12/h8,10,12,20H,2-7,9H2,1H3. The summed E-state index contributed by atoms with van der Waals surface area (Å²) in [4.78, 5) is 26.8. The topological polar surface area (TPSA) is 76.1 Å². The highest BCUT2D eigenvalue weighted by molar-refractivity contribution is 6.11. The lowest BCUT2D eigenvalue weighted by Gasteiger charge is -2.32. The van der Waals surface area contributed by atoms with Crippen molar-refractivity contribution in [3.05, 3.63) is 23.3 Å². The summed E-state index contributed by atoms with van der Waals surface area (Å²) in [6, 6.07) is 3.35. The first-order valence-corrected chi connectivity index (χ1v) is 8.41. The number of fused-ring (bicyclic) bond motifs is 2. The third kappa shape index (κ3) is 2.20. The van der Waals surface area contributed by atoms with Gasteiger partial charge in [0.2, 0.25) is 5.91 Å². The van der Waals surface area contributed by atoms with Crippen molar-refractivity contribution < 1.29 is 24.2 Å². The van der Waals surface area contributed by atoms with Gasteiger partial charge in [0.1, 0.15) is 5.75 Å². The van der Waals surface area contributed by atoms with E-state index in [0.29, 0.717) is 18.8 Å². The zero-order valence-electron chi connectivity index (χ0n) is 13.7. The van der Waals surface area contributed by atoms with Crippen LogP contribution in [0, 0.1) is 0 Å². The number of methoxy groups -OCH3 is 1. The van der Waals surface area contributed by atoms with Crippen LogP contribution >= 0.6 is 0 Å². The smallest absolute Gasteiger partial charge is 0.309 e. The summed E-state index contributed by atoms with van der Waals surface area (Å²) in [7, 11) is 1.34. The lowest BCUT2D eigenvalue weighted by Crippen LogP contribution is -2.43. The Morgan fingerprint density at radius 1 is 1.38 bits per heavy atom. The minimum absolute atomic E-state index is 0.0733. The molecule has 0 bridgehead atoms. The van der Waals surface area contributed by atoms with Crippen molar-refractivity contribution in [3.63, 3.8) is 0 Å². The Labute approximate surface area is 140 Å². The second-order valence-electron chi connectivity index (χ2n) is 6.85. The Morgan fingerprint density at radius 2 is 2.08 bits per heavy atom. The lowest BCUT2D eigenvalue weighted by molar-refractivity contribution is -0.139. The highest BCUT2D eigenvalue weighted by Crippen LogP contribution is 2.60. The van der Waals surface area contributed by atoms with Crippen molar-refractivity contribution >= 4 is 17.6 Å². The van der Waals surface area contributed by atoms with E-state index in [1.54, 1.807) is 12.1 Å². The molecule has 1 spiro atoms. The summed E-state index contributed by atoms with van der Waals surface area (Å²) in [5, 5.41) is 10.1. The van der Waals surface area contributed by atoms with Gasteiger partial charge in [-0.05, 0) is 42.9 Å². The molecule has 1 aromatic carbocycles. The normalized spacial score (nSPS) is 21.9. The summed E-state index contributed by atoms with van der Waals surface area (Å²) in [6.45, 7) is 1.29. The van der Waals surface area contributed by atoms with Crippen LogP contribution in [0.4, 0.5) is 5.69 Å². The molecule has 0 radical (unpaired) electrons. The molecule has 2 heterocycles. The summed E-state index contributed by atoms with van der Waals surface area (Å²) >= 11 is 0. The molecule has 6 heteroatoms. The summed E-state index contributed by atoms with van der Waals surface area (Å²) in [6.07, 6.45) is 3.27. The third-order valence-electron chi connectivity index (χ3n) is 5.42. The molecular formula is C18H21NO5. The van der Waals surface area contributed by atoms with Gasteiger partial charge in [0.05, 0.1) is 24.6 Å². The number of hydrogen-bond donors (Lipinski definition) is 1.